The Balaban J connectivity index is 2.17. The molecule has 0 aliphatic carbocycles. The molecule has 12 heavy (non-hydrogen) atoms. The fourth-order valence-corrected chi connectivity index (χ4v) is 1.81. The molecule has 1 unspecified atom stereocenters. The third-order valence-corrected chi connectivity index (χ3v) is 2.38. The van der Waals surface area contributed by atoms with Gasteiger partial charge in [-0.3, -0.25) is 4.68 Å². The number of hydrogen-bond donors (Lipinski definition) is 0. The topological polar surface area (TPSA) is 30.7 Å². The number of hydrogen-bond acceptors (Lipinski definition) is 2. The Morgan fingerprint density at radius 1 is 1.50 bits per heavy atom. The zero-order valence-corrected chi connectivity index (χ0v) is 8.87. The van der Waals surface area contributed by atoms with E-state index in [4.69, 9.17) is 0 Å². The molecule has 1 aromatic heterocycles. The minimum atomic E-state index is 0.758. The highest BCUT2D eigenvalue weighted by Crippen LogP contribution is 2.09. The van der Waals surface area contributed by atoms with Crippen LogP contribution in [-0.4, -0.2) is 20.1 Å². The summed E-state index contributed by atoms with van der Waals surface area (Å²) in [4.78, 5) is 3.89. The molecule has 0 fully saturated rings. The van der Waals surface area contributed by atoms with Crippen LogP contribution >= 0.6 is 15.9 Å². The summed E-state index contributed by atoms with van der Waals surface area (Å²) in [5.74, 6) is 0.758. The highest BCUT2D eigenvalue weighted by molar-refractivity contribution is 9.09. The molecular formula is C8H14BrN3. The molecule has 0 bridgehead atoms. The molecule has 0 aromatic carbocycles. The molecular weight excluding hydrogens is 218 g/mol. The van der Waals surface area contributed by atoms with Gasteiger partial charge in [0.2, 0.25) is 0 Å². The first kappa shape index (κ1) is 9.71. The van der Waals surface area contributed by atoms with Crippen molar-refractivity contribution in [1.29, 1.82) is 0 Å². The molecule has 0 aliphatic heterocycles. The zero-order valence-electron chi connectivity index (χ0n) is 7.28. The van der Waals surface area contributed by atoms with Crippen LogP contribution in [0.15, 0.2) is 12.7 Å². The number of alkyl halides is 1. The lowest BCUT2D eigenvalue weighted by Gasteiger charge is -2.08. The Morgan fingerprint density at radius 3 is 2.92 bits per heavy atom. The lowest BCUT2D eigenvalue weighted by Crippen LogP contribution is -2.04. The Labute approximate surface area is 81.3 Å². The average Bonchev–Trinajstić information content (AvgIpc) is 2.53. The van der Waals surface area contributed by atoms with Gasteiger partial charge in [-0.25, -0.2) is 4.98 Å². The first-order valence-corrected chi connectivity index (χ1v) is 5.33. The number of nitrogens with zero attached hydrogens (tertiary/aromatic N) is 3. The summed E-state index contributed by atoms with van der Waals surface area (Å²) in [7, 11) is 0. The molecule has 68 valence electrons. The molecule has 1 rings (SSSR count). The van der Waals surface area contributed by atoms with E-state index >= 15 is 0 Å². The standard InChI is InChI=1S/C8H14BrN3/c1-8(2-4-9)3-5-12-7-10-6-11-12/h6-8H,2-5H2,1H3. The highest BCUT2D eigenvalue weighted by atomic mass is 79.9. The van der Waals surface area contributed by atoms with E-state index in [2.05, 4.69) is 32.9 Å². The fraction of sp³-hybridized carbons (Fsp3) is 0.750. The molecule has 0 amide bonds. The van der Waals surface area contributed by atoms with Crippen LogP contribution in [0.2, 0.25) is 0 Å². The largest absolute Gasteiger partial charge is 0.253 e. The molecule has 0 N–H and O–H groups in total. The molecule has 0 saturated heterocycles. The quantitative estimate of drug-likeness (QED) is 0.728. The van der Waals surface area contributed by atoms with Gasteiger partial charge in [-0.05, 0) is 18.8 Å². The number of halogens is 1. The van der Waals surface area contributed by atoms with E-state index < -0.39 is 0 Å². The van der Waals surface area contributed by atoms with Crippen molar-refractivity contribution in [2.75, 3.05) is 5.33 Å². The second kappa shape index (κ2) is 5.30. The maximum absolute atomic E-state index is 4.04. The summed E-state index contributed by atoms with van der Waals surface area (Å²) < 4.78 is 1.88. The third-order valence-electron chi connectivity index (χ3n) is 1.92. The summed E-state index contributed by atoms with van der Waals surface area (Å²) in [6, 6.07) is 0. The average molecular weight is 232 g/mol. The van der Waals surface area contributed by atoms with Crippen molar-refractivity contribution in [3.05, 3.63) is 12.7 Å². The Morgan fingerprint density at radius 2 is 2.33 bits per heavy atom. The van der Waals surface area contributed by atoms with E-state index in [0.717, 1.165) is 17.8 Å². The van der Waals surface area contributed by atoms with Crippen LogP contribution in [0.5, 0.6) is 0 Å². The third kappa shape index (κ3) is 3.34. The number of rotatable bonds is 5. The fourth-order valence-electron chi connectivity index (χ4n) is 1.03. The monoisotopic (exact) mass is 231 g/mol. The normalized spacial score (nSPS) is 13.2. The van der Waals surface area contributed by atoms with E-state index in [9.17, 15) is 0 Å². The second-order valence-electron chi connectivity index (χ2n) is 3.03. The Hall–Kier alpha value is -0.380. The molecule has 1 heterocycles. The van der Waals surface area contributed by atoms with E-state index in [1.165, 1.54) is 12.8 Å². The van der Waals surface area contributed by atoms with Crippen molar-refractivity contribution >= 4 is 15.9 Å². The van der Waals surface area contributed by atoms with Crippen LogP contribution < -0.4 is 0 Å². The first-order valence-electron chi connectivity index (χ1n) is 4.21. The molecule has 1 atom stereocenters. The van der Waals surface area contributed by atoms with E-state index in [1.807, 2.05) is 4.68 Å². The van der Waals surface area contributed by atoms with Gasteiger partial charge in [-0.1, -0.05) is 22.9 Å². The summed E-state index contributed by atoms with van der Waals surface area (Å²) in [5, 5.41) is 5.13. The SMILES string of the molecule is CC(CCBr)CCn1cncn1. The Kier molecular flexibility index (Phi) is 4.29. The maximum Gasteiger partial charge on any atom is 0.137 e. The van der Waals surface area contributed by atoms with Crippen molar-refractivity contribution in [3.8, 4) is 0 Å². The van der Waals surface area contributed by atoms with Gasteiger partial charge in [0.25, 0.3) is 0 Å². The summed E-state index contributed by atoms with van der Waals surface area (Å²) in [6.07, 6.45) is 5.75. The zero-order chi connectivity index (χ0) is 8.81. The van der Waals surface area contributed by atoms with Gasteiger partial charge in [0, 0.05) is 11.9 Å². The lowest BCUT2D eigenvalue weighted by atomic mass is 10.1. The summed E-state index contributed by atoms with van der Waals surface area (Å²) >= 11 is 3.43. The molecule has 0 radical (unpaired) electrons. The lowest BCUT2D eigenvalue weighted by molar-refractivity contribution is 0.451. The molecule has 3 nitrogen and oxygen atoms in total. The first-order chi connectivity index (χ1) is 5.83. The van der Waals surface area contributed by atoms with Gasteiger partial charge in [0.05, 0.1) is 0 Å². The molecule has 4 heteroatoms. The van der Waals surface area contributed by atoms with Crippen LogP contribution in [0.4, 0.5) is 0 Å². The Bertz CT molecular complexity index is 198. The predicted octanol–water partition coefficient (Wildman–Crippen LogP) is 2.09. The minimum Gasteiger partial charge on any atom is -0.253 e. The van der Waals surface area contributed by atoms with Crippen LogP contribution in [-0.2, 0) is 6.54 Å². The molecule has 1 aromatic rings. The predicted molar refractivity (Wildman–Crippen MR) is 52.2 cm³/mol. The van der Waals surface area contributed by atoms with Crippen LogP contribution in [0, 0.1) is 5.92 Å². The van der Waals surface area contributed by atoms with Gasteiger partial charge in [0.15, 0.2) is 0 Å². The van der Waals surface area contributed by atoms with E-state index in [0.29, 0.717) is 0 Å². The van der Waals surface area contributed by atoms with Crippen molar-refractivity contribution in [2.24, 2.45) is 5.92 Å². The van der Waals surface area contributed by atoms with Crippen LogP contribution in [0.25, 0.3) is 0 Å². The molecule has 0 aliphatic rings. The van der Waals surface area contributed by atoms with Crippen LogP contribution in [0.3, 0.4) is 0 Å². The van der Waals surface area contributed by atoms with Gasteiger partial charge in [0.1, 0.15) is 12.7 Å². The molecule has 0 saturated carbocycles. The van der Waals surface area contributed by atoms with Crippen molar-refractivity contribution in [1.82, 2.24) is 14.8 Å². The second-order valence-corrected chi connectivity index (χ2v) is 3.82. The van der Waals surface area contributed by atoms with Gasteiger partial charge in [-0.15, -0.1) is 0 Å². The van der Waals surface area contributed by atoms with Crippen molar-refractivity contribution in [2.45, 2.75) is 26.3 Å². The van der Waals surface area contributed by atoms with E-state index in [1.54, 1.807) is 12.7 Å². The van der Waals surface area contributed by atoms with E-state index in [-0.39, 0.29) is 0 Å². The minimum absolute atomic E-state index is 0.758. The van der Waals surface area contributed by atoms with Gasteiger partial charge >= 0.3 is 0 Å². The van der Waals surface area contributed by atoms with Crippen molar-refractivity contribution < 1.29 is 0 Å². The maximum atomic E-state index is 4.04. The summed E-state index contributed by atoms with van der Waals surface area (Å²) in [6.45, 7) is 3.24. The number of aryl methyl sites for hydroxylation is 1. The van der Waals surface area contributed by atoms with Crippen molar-refractivity contribution in [3.63, 3.8) is 0 Å². The van der Waals surface area contributed by atoms with Gasteiger partial charge in [-0.2, -0.15) is 5.10 Å². The smallest absolute Gasteiger partial charge is 0.137 e. The van der Waals surface area contributed by atoms with Crippen LogP contribution in [0.1, 0.15) is 19.8 Å². The molecule has 0 spiro atoms. The summed E-state index contributed by atoms with van der Waals surface area (Å²) in [5.41, 5.74) is 0. The highest BCUT2D eigenvalue weighted by Gasteiger charge is 2.01. The number of aromatic nitrogens is 3. The van der Waals surface area contributed by atoms with Gasteiger partial charge < -0.3 is 0 Å².